The largest absolute Gasteiger partial charge is 0.480 e. The van der Waals surface area contributed by atoms with Crippen LogP contribution in [0.3, 0.4) is 0 Å². The molecule has 0 fully saturated rings. The molecule has 0 aromatic carbocycles. The number of aromatic nitrogens is 2. The summed E-state index contributed by atoms with van der Waals surface area (Å²) >= 11 is 0. The molecule has 0 saturated heterocycles. The first-order valence-electron chi connectivity index (χ1n) is 5.59. The van der Waals surface area contributed by atoms with Crippen LogP contribution in [0.5, 0.6) is 0 Å². The minimum Gasteiger partial charge on any atom is -0.480 e. The number of carboxylic acid groups (broad SMARTS) is 1. The maximum atomic E-state index is 12.2. The van der Waals surface area contributed by atoms with Gasteiger partial charge in [0.2, 0.25) is 10.0 Å². The van der Waals surface area contributed by atoms with Crippen molar-refractivity contribution in [3.63, 3.8) is 0 Å². The number of carbonyl (C=O) groups is 1. The van der Waals surface area contributed by atoms with Crippen LogP contribution in [0, 0.1) is 0 Å². The van der Waals surface area contributed by atoms with E-state index in [1.165, 1.54) is 17.5 Å². The smallest absolute Gasteiger partial charge is 0.325 e. The molecule has 1 N–H and O–H groups in total. The standard InChI is InChI=1S/C10H18N4O4S/c1-12(2)4-5-13(3)19(17,18)9-6-11-14(7-9)8-10(15)16/h6-7H,4-5,8H2,1-3H3,(H,15,16). The fourth-order valence-corrected chi connectivity index (χ4v) is 2.46. The van der Waals surface area contributed by atoms with Crippen LogP contribution in [0.1, 0.15) is 0 Å². The summed E-state index contributed by atoms with van der Waals surface area (Å²) in [4.78, 5) is 12.4. The van der Waals surface area contributed by atoms with E-state index in [2.05, 4.69) is 5.10 Å². The Morgan fingerprint density at radius 2 is 2.00 bits per heavy atom. The highest BCUT2D eigenvalue weighted by atomic mass is 32.2. The van der Waals surface area contributed by atoms with Gasteiger partial charge in [-0.3, -0.25) is 9.48 Å². The molecular weight excluding hydrogens is 272 g/mol. The SMILES string of the molecule is CN(C)CCN(C)S(=O)(=O)c1cnn(CC(=O)O)c1. The fraction of sp³-hybridized carbons (Fsp3) is 0.600. The highest BCUT2D eigenvalue weighted by Gasteiger charge is 2.22. The third kappa shape index (κ3) is 4.30. The predicted molar refractivity (Wildman–Crippen MR) is 68.2 cm³/mol. The molecule has 8 nitrogen and oxygen atoms in total. The molecule has 0 spiro atoms. The van der Waals surface area contributed by atoms with E-state index >= 15 is 0 Å². The molecule has 1 aromatic rings. The van der Waals surface area contributed by atoms with Crippen molar-refractivity contribution < 1.29 is 18.3 Å². The van der Waals surface area contributed by atoms with Gasteiger partial charge >= 0.3 is 5.97 Å². The number of nitrogens with zero attached hydrogens (tertiary/aromatic N) is 4. The molecule has 0 bridgehead atoms. The lowest BCUT2D eigenvalue weighted by Gasteiger charge is -2.18. The molecule has 19 heavy (non-hydrogen) atoms. The van der Waals surface area contributed by atoms with E-state index in [1.54, 1.807) is 0 Å². The Morgan fingerprint density at radius 1 is 1.37 bits per heavy atom. The Labute approximate surface area is 112 Å². The second-order valence-electron chi connectivity index (χ2n) is 4.40. The minimum atomic E-state index is -3.62. The summed E-state index contributed by atoms with van der Waals surface area (Å²) in [6.45, 7) is 0.579. The Kier molecular flexibility index (Phi) is 5.04. The molecule has 0 radical (unpaired) electrons. The van der Waals surface area contributed by atoms with Crippen molar-refractivity contribution in [2.45, 2.75) is 11.4 Å². The molecule has 1 aromatic heterocycles. The molecular formula is C10H18N4O4S. The minimum absolute atomic E-state index is 0.00462. The van der Waals surface area contributed by atoms with Gasteiger partial charge in [-0.15, -0.1) is 0 Å². The van der Waals surface area contributed by atoms with Crippen molar-refractivity contribution in [3.8, 4) is 0 Å². The molecule has 1 heterocycles. The van der Waals surface area contributed by atoms with Crippen molar-refractivity contribution >= 4 is 16.0 Å². The van der Waals surface area contributed by atoms with Gasteiger partial charge in [0.1, 0.15) is 11.4 Å². The number of sulfonamides is 1. The number of carboxylic acids is 1. The monoisotopic (exact) mass is 290 g/mol. The first kappa shape index (κ1) is 15.6. The van der Waals surface area contributed by atoms with Gasteiger partial charge in [-0.05, 0) is 14.1 Å². The number of aliphatic carboxylic acids is 1. The van der Waals surface area contributed by atoms with Gasteiger partial charge in [-0.2, -0.15) is 9.40 Å². The first-order valence-corrected chi connectivity index (χ1v) is 7.03. The topological polar surface area (TPSA) is 95.7 Å². The quantitative estimate of drug-likeness (QED) is 0.703. The summed E-state index contributed by atoms with van der Waals surface area (Å²) < 4.78 is 26.6. The third-order valence-electron chi connectivity index (χ3n) is 2.48. The van der Waals surface area contributed by atoms with Gasteiger partial charge in [0.25, 0.3) is 0 Å². The number of hydrogen-bond donors (Lipinski definition) is 1. The van der Waals surface area contributed by atoms with Crippen LogP contribution in [-0.4, -0.2) is 72.7 Å². The molecule has 0 atom stereocenters. The van der Waals surface area contributed by atoms with Crippen LogP contribution in [-0.2, 0) is 21.4 Å². The molecule has 9 heteroatoms. The Bertz CT molecular complexity index is 537. The maximum absolute atomic E-state index is 12.2. The average Bonchev–Trinajstić information content (AvgIpc) is 2.73. The zero-order chi connectivity index (χ0) is 14.6. The second kappa shape index (κ2) is 6.13. The Morgan fingerprint density at radius 3 is 2.53 bits per heavy atom. The highest BCUT2D eigenvalue weighted by Crippen LogP contribution is 2.12. The molecule has 0 aliphatic heterocycles. The lowest BCUT2D eigenvalue weighted by atomic mass is 10.6. The summed E-state index contributed by atoms with van der Waals surface area (Å²) in [5.74, 6) is -1.08. The third-order valence-corrected chi connectivity index (χ3v) is 4.29. The van der Waals surface area contributed by atoms with Gasteiger partial charge < -0.3 is 10.0 Å². The van der Waals surface area contributed by atoms with Gasteiger partial charge in [0.15, 0.2) is 0 Å². The fourth-order valence-electron chi connectivity index (χ4n) is 1.34. The van der Waals surface area contributed by atoms with E-state index in [1.807, 2.05) is 19.0 Å². The lowest BCUT2D eigenvalue weighted by Crippen LogP contribution is -2.33. The van der Waals surface area contributed by atoms with E-state index in [0.717, 1.165) is 10.9 Å². The number of likely N-dealkylation sites (N-methyl/N-ethyl adjacent to an activating group) is 2. The van der Waals surface area contributed by atoms with Crippen molar-refractivity contribution in [2.75, 3.05) is 34.2 Å². The van der Waals surface area contributed by atoms with Crippen molar-refractivity contribution in [3.05, 3.63) is 12.4 Å². The van der Waals surface area contributed by atoms with Crippen LogP contribution < -0.4 is 0 Å². The van der Waals surface area contributed by atoms with E-state index in [9.17, 15) is 13.2 Å². The molecule has 0 saturated carbocycles. The van der Waals surface area contributed by atoms with Gasteiger partial charge in [-0.25, -0.2) is 8.42 Å². The second-order valence-corrected chi connectivity index (χ2v) is 6.44. The number of rotatable bonds is 7. The predicted octanol–water partition coefficient (Wildman–Crippen LogP) is -0.850. The van der Waals surface area contributed by atoms with E-state index < -0.39 is 16.0 Å². The van der Waals surface area contributed by atoms with Gasteiger partial charge in [-0.1, -0.05) is 0 Å². The summed E-state index contributed by atoms with van der Waals surface area (Å²) in [6, 6.07) is 0. The Balaban J connectivity index is 2.81. The van der Waals surface area contributed by atoms with Crippen LogP contribution in [0.2, 0.25) is 0 Å². The van der Waals surface area contributed by atoms with Gasteiger partial charge in [0, 0.05) is 26.3 Å². The first-order chi connectivity index (χ1) is 8.73. The van der Waals surface area contributed by atoms with Crippen LogP contribution >= 0.6 is 0 Å². The number of hydrogen-bond acceptors (Lipinski definition) is 5. The molecule has 0 amide bonds. The van der Waals surface area contributed by atoms with Crippen LogP contribution in [0.15, 0.2) is 17.3 Å². The molecule has 1 rings (SSSR count). The van der Waals surface area contributed by atoms with E-state index in [-0.39, 0.29) is 11.4 Å². The summed E-state index contributed by atoms with van der Waals surface area (Å²) in [6.07, 6.45) is 2.38. The summed E-state index contributed by atoms with van der Waals surface area (Å²) in [7, 11) is 1.57. The van der Waals surface area contributed by atoms with Crippen molar-refractivity contribution in [2.24, 2.45) is 0 Å². The molecule has 0 aliphatic carbocycles. The Hall–Kier alpha value is -1.45. The van der Waals surface area contributed by atoms with E-state index in [4.69, 9.17) is 5.11 Å². The van der Waals surface area contributed by atoms with Crippen LogP contribution in [0.4, 0.5) is 0 Å². The van der Waals surface area contributed by atoms with Crippen LogP contribution in [0.25, 0.3) is 0 Å². The maximum Gasteiger partial charge on any atom is 0.325 e. The summed E-state index contributed by atoms with van der Waals surface area (Å²) in [5.41, 5.74) is 0. The lowest BCUT2D eigenvalue weighted by molar-refractivity contribution is -0.137. The van der Waals surface area contributed by atoms with Crippen molar-refractivity contribution in [1.82, 2.24) is 19.0 Å². The van der Waals surface area contributed by atoms with Gasteiger partial charge in [0.05, 0.1) is 6.20 Å². The summed E-state index contributed by atoms with van der Waals surface area (Å²) in [5, 5.41) is 12.3. The molecule has 0 unspecified atom stereocenters. The normalized spacial score (nSPS) is 12.3. The van der Waals surface area contributed by atoms with E-state index in [0.29, 0.717) is 13.1 Å². The highest BCUT2D eigenvalue weighted by molar-refractivity contribution is 7.89. The molecule has 0 aliphatic rings. The zero-order valence-electron chi connectivity index (χ0n) is 11.1. The molecule has 108 valence electrons. The average molecular weight is 290 g/mol. The zero-order valence-corrected chi connectivity index (χ0v) is 12.0. The van der Waals surface area contributed by atoms with Crippen molar-refractivity contribution in [1.29, 1.82) is 0 Å².